The Balaban J connectivity index is 1.73. The molecule has 1 aliphatic rings. The van der Waals surface area contributed by atoms with Gasteiger partial charge >= 0.3 is 5.76 Å². The van der Waals surface area contributed by atoms with E-state index in [2.05, 4.69) is 5.10 Å². The number of likely N-dealkylation sites (tertiary alicyclic amines) is 1. The van der Waals surface area contributed by atoms with E-state index >= 15 is 0 Å². The molecule has 0 bridgehead atoms. The standard InChI is InChI=1S/C18H23N3O3/c1-18(2,3)16(22)20-11-9-14(10-12-20)21-17(23)24-15(19-21)13-7-5-4-6-8-13/h4-8,14H,9-12H2,1-3H3. The fraction of sp³-hybridized carbons (Fsp3) is 0.500. The number of hydrogen-bond donors (Lipinski definition) is 0. The number of carbonyl (C=O) groups excluding carboxylic acids is 1. The minimum absolute atomic E-state index is 0.0252. The first-order chi connectivity index (χ1) is 11.4. The van der Waals surface area contributed by atoms with Gasteiger partial charge in [0.05, 0.1) is 6.04 Å². The first kappa shape index (κ1) is 16.5. The number of carbonyl (C=O) groups is 1. The first-order valence-corrected chi connectivity index (χ1v) is 8.31. The second-order valence-corrected chi connectivity index (χ2v) is 7.26. The zero-order valence-electron chi connectivity index (χ0n) is 14.4. The lowest BCUT2D eigenvalue weighted by Crippen LogP contribution is -2.45. The van der Waals surface area contributed by atoms with E-state index in [1.165, 1.54) is 4.68 Å². The molecule has 2 aromatic rings. The zero-order valence-corrected chi connectivity index (χ0v) is 14.4. The van der Waals surface area contributed by atoms with Gasteiger partial charge in [-0.05, 0) is 25.0 Å². The predicted molar refractivity (Wildman–Crippen MR) is 90.5 cm³/mol. The summed E-state index contributed by atoms with van der Waals surface area (Å²) < 4.78 is 6.73. The van der Waals surface area contributed by atoms with Crippen LogP contribution in [0.2, 0.25) is 0 Å². The van der Waals surface area contributed by atoms with Crippen molar-refractivity contribution >= 4 is 5.91 Å². The summed E-state index contributed by atoms with van der Waals surface area (Å²) in [5, 5.41) is 4.36. The summed E-state index contributed by atoms with van der Waals surface area (Å²) in [6.45, 7) is 7.06. The highest BCUT2D eigenvalue weighted by Crippen LogP contribution is 2.26. The first-order valence-electron chi connectivity index (χ1n) is 8.31. The zero-order chi connectivity index (χ0) is 17.3. The SMILES string of the molecule is CC(C)(C)C(=O)N1CCC(n2nc(-c3ccccc3)oc2=O)CC1. The van der Waals surface area contributed by atoms with Crippen molar-refractivity contribution in [3.05, 3.63) is 40.9 Å². The van der Waals surface area contributed by atoms with Gasteiger partial charge in [0, 0.05) is 24.1 Å². The minimum atomic E-state index is -0.436. The Morgan fingerprint density at radius 2 is 1.79 bits per heavy atom. The topological polar surface area (TPSA) is 68.3 Å². The lowest BCUT2D eigenvalue weighted by Gasteiger charge is -2.35. The van der Waals surface area contributed by atoms with Crippen LogP contribution < -0.4 is 5.76 Å². The van der Waals surface area contributed by atoms with Gasteiger partial charge in [-0.2, -0.15) is 4.68 Å². The van der Waals surface area contributed by atoms with Gasteiger partial charge in [0.1, 0.15) is 0 Å². The van der Waals surface area contributed by atoms with Gasteiger partial charge in [0.15, 0.2) is 0 Å². The number of hydrogen-bond acceptors (Lipinski definition) is 4. The third-order valence-electron chi connectivity index (χ3n) is 4.33. The van der Waals surface area contributed by atoms with E-state index in [0.717, 1.165) is 5.56 Å². The Morgan fingerprint density at radius 1 is 1.17 bits per heavy atom. The molecule has 3 rings (SSSR count). The van der Waals surface area contributed by atoms with Crippen LogP contribution in [0.25, 0.3) is 11.5 Å². The van der Waals surface area contributed by atoms with Crippen molar-refractivity contribution in [2.24, 2.45) is 5.41 Å². The Bertz CT molecular complexity index is 763. The molecule has 1 aromatic carbocycles. The van der Waals surface area contributed by atoms with Crippen LogP contribution in [0, 0.1) is 5.41 Å². The van der Waals surface area contributed by atoms with Crippen molar-refractivity contribution in [3.8, 4) is 11.5 Å². The van der Waals surface area contributed by atoms with E-state index in [0.29, 0.717) is 31.8 Å². The van der Waals surface area contributed by atoms with Crippen LogP contribution in [-0.4, -0.2) is 33.7 Å². The van der Waals surface area contributed by atoms with Crippen molar-refractivity contribution in [2.45, 2.75) is 39.7 Å². The molecule has 0 unspecified atom stereocenters. The highest BCUT2D eigenvalue weighted by Gasteiger charge is 2.32. The quantitative estimate of drug-likeness (QED) is 0.849. The molecule has 1 aliphatic heterocycles. The molecule has 0 saturated carbocycles. The van der Waals surface area contributed by atoms with Crippen LogP contribution in [0.3, 0.4) is 0 Å². The van der Waals surface area contributed by atoms with E-state index in [9.17, 15) is 9.59 Å². The van der Waals surface area contributed by atoms with Crippen molar-refractivity contribution in [1.82, 2.24) is 14.7 Å². The molecule has 2 heterocycles. The molecule has 0 aliphatic carbocycles. The second-order valence-electron chi connectivity index (χ2n) is 7.26. The number of piperidine rings is 1. The molecule has 1 aromatic heterocycles. The molecule has 128 valence electrons. The van der Waals surface area contributed by atoms with Gasteiger partial charge in [-0.3, -0.25) is 4.79 Å². The Kier molecular flexibility index (Phi) is 4.30. The van der Waals surface area contributed by atoms with E-state index in [1.54, 1.807) is 0 Å². The highest BCUT2D eigenvalue weighted by molar-refractivity contribution is 5.81. The summed E-state index contributed by atoms with van der Waals surface area (Å²) in [5.41, 5.74) is 0.409. The van der Waals surface area contributed by atoms with Crippen LogP contribution in [0.5, 0.6) is 0 Å². The summed E-state index contributed by atoms with van der Waals surface area (Å²) >= 11 is 0. The van der Waals surface area contributed by atoms with Gasteiger partial charge in [0.25, 0.3) is 0 Å². The van der Waals surface area contributed by atoms with Crippen molar-refractivity contribution < 1.29 is 9.21 Å². The second kappa shape index (κ2) is 6.26. The number of aromatic nitrogens is 2. The maximum Gasteiger partial charge on any atom is 0.437 e. The number of rotatable bonds is 2. The Hall–Kier alpha value is -2.37. The third-order valence-corrected chi connectivity index (χ3v) is 4.33. The molecule has 0 radical (unpaired) electrons. The van der Waals surface area contributed by atoms with Crippen LogP contribution in [0.4, 0.5) is 0 Å². The fourth-order valence-electron chi connectivity index (χ4n) is 3.00. The van der Waals surface area contributed by atoms with Gasteiger partial charge in [-0.1, -0.05) is 39.0 Å². The molecule has 0 N–H and O–H groups in total. The van der Waals surface area contributed by atoms with Gasteiger partial charge in [0.2, 0.25) is 11.8 Å². The largest absolute Gasteiger partial charge is 0.437 e. The smallest absolute Gasteiger partial charge is 0.388 e. The molecule has 1 amide bonds. The normalized spacial score (nSPS) is 16.4. The molecule has 1 fully saturated rings. The average molecular weight is 329 g/mol. The molecule has 6 heteroatoms. The van der Waals surface area contributed by atoms with Crippen molar-refractivity contribution in [3.63, 3.8) is 0 Å². The van der Waals surface area contributed by atoms with Gasteiger partial charge < -0.3 is 9.32 Å². The maximum absolute atomic E-state index is 12.3. The van der Waals surface area contributed by atoms with Crippen molar-refractivity contribution in [2.75, 3.05) is 13.1 Å². The average Bonchev–Trinajstić information content (AvgIpc) is 2.96. The highest BCUT2D eigenvalue weighted by atomic mass is 16.4. The van der Waals surface area contributed by atoms with Crippen LogP contribution in [-0.2, 0) is 4.79 Å². The molecular formula is C18H23N3O3. The maximum atomic E-state index is 12.3. The van der Waals surface area contributed by atoms with E-state index in [1.807, 2.05) is 56.0 Å². The number of amides is 1. The number of nitrogens with zero attached hydrogens (tertiary/aromatic N) is 3. The molecule has 0 atom stereocenters. The molecule has 0 spiro atoms. The van der Waals surface area contributed by atoms with Crippen LogP contribution >= 0.6 is 0 Å². The van der Waals surface area contributed by atoms with E-state index < -0.39 is 5.76 Å². The molecule has 6 nitrogen and oxygen atoms in total. The van der Waals surface area contributed by atoms with E-state index in [4.69, 9.17) is 4.42 Å². The molecular weight excluding hydrogens is 306 g/mol. The number of benzene rings is 1. The molecule has 24 heavy (non-hydrogen) atoms. The minimum Gasteiger partial charge on any atom is -0.388 e. The van der Waals surface area contributed by atoms with Crippen LogP contribution in [0.1, 0.15) is 39.7 Å². The third kappa shape index (κ3) is 3.27. The molecule has 1 saturated heterocycles. The summed E-state index contributed by atoms with van der Waals surface area (Å²) in [4.78, 5) is 26.4. The van der Waals surface area contributed by atoms with Gasteiger partial charge in [-0.15, -0.1) is 5.10 Å². The van der Waals surface area contributed by atoms with Crippen LogP contribution in [0.15, 0.2) is 39.5 Å². The summed E-state index contributed by atoms with van der Waals surface area (Å²) in [7, 11) is 0. The monoisotopic (exact) mass is 329 g/mol. The summed E-state index contributed by atoms with van der Waals surface area (Å²) in [6.07, 6.45) is 1.42. The lowest BCUT2D eigenvalue weighted by atomic mass is 9.93. The summed E-state index contributed by atoms with van der Waals surface area (Å²) in [6, 6.07) is 9.36. The Morgan fingerprint density at radius 3 is 2.38 bits per heavy atom. The lowest BCUT2D eigenvalue weighted by molar-refractivity contribution is -0.140. The fourth-order valence-corrected chi connectivity index (χ4v) is 3.00. The van der Waals surface area contributed by atoms with Gasteiger partial charge in [-0.25, -0.2) is 4.79 Å². The van der Waals surface area contributed by atoms with E-state index in [-0.39, 0.29) is 17.4 Å². The summed E-state index contributed by atoms with van der Waals surface area (Å²) in [5.74, 6) is 0.0571. The predicted octanol–water partition coefficient (Wildman–Crippen LogP) is 2.71. The van der Waals surface area contributed by atoms with Crippen molar-refractivity contribution in [1.29, 1.82) is 0 Å². The Labute approximate surface area is 141 Å².